The van der Waals surface area contributed by atoms with Gasteiger partial charge in [-0.25, -0.2) is 9.97 Å². The van der Waals surface area contributed by atoms with Gasteiger partial charge in [-0.15, -0.1) is 0 Å². The molecule has 5 rings (SSSR count). The minimum absolute atomic E-state index is 0.153. The number of piperidine rings is 1. The first-order chi connectivity index (χ1) is 18.0. The molecule has 0 aliphatic carbocycles. The number of nitrogens with zero attached hydrogens (tertiary/aromatic N) is 5. The van der Waals surface area contributed by atoms with E-state index in [4.69, 9.17) is 16.6 Å². The van der Waals surface area contributed by atoms with E-state index < -0.39 is 0 Å². The van der Waals surface area contributed by atoms with Gasteiger partial charge in [-0.1, -0.05) is 71.9 Å². The average Bonchev–Trinajstić information content (AvgIpc) is 2.93. The molecule has 0 bridgehead atoms. The third-order valence-corrected chi connectivity index (χ3v) is 8.41. The van der Waals surface area contributed by atoms with Crippen molar-refractivity contribution in [3.8, 4) is 0 Å². The molecular formula is C29H34ClN5OS. The van der Waals surface area contributed by atoms with E-state index in [0.717, 1.165) is 64.3 Å². The molecule has 6 nitrogen and oxygen atoms in total. The van der Waals surface area contributed by atoms with Crippen LogP contribution in [0.25, 0.3) is 0 Å². The van der Waals surface area contributed by atoms with Crippen LogP contribution in [-0.4, -0.2) is 65.8 Å². The first-order valence-electron chi connectivity index (χ1n) is 13.1. The summed E-state index contributed by atoms with van der Waals surface area (Å²) < 4.78 is 0. The molecule has 0 N–H and O–H groups in total. The first-order valence-corrected chi connectivity index (χ1v) is 14.5. The Bertz CT molecular complexity index is 1190. The molecule has 0 radical (unpaired) electrons. The molecule has 3 aromatic rings. The van der Waals surface area contributed by atoms with E-state index >= 15 is 0 Å². The Morgan fingerprint density at radius 3 is 2.32 bits per heavy atom. The molecular weight excluding hydrogens is 502 g/mol. The molecule has 2 aliphatic heterocycles. The molecule has 2 fully saturated rings. The van der Waals surface area contributed by atoms with Crippen LogP contribution in [0.3, 0.4) is 0 Å². The number of likely N-dealkylation sites (tertiary alicyclic amines) is 1. The Balaban J connectivity index is 1.11. The second-order valence-corrected chi connectivity index (χ2v) is 11.2. The Kier molecular flexibility index (Phi) is 8.52. The van der Waals surface area contributed by atoms with Crippen LogP contribution in [0.2, 0.25) is 5.15 Å². The third-order valence-electron chi connectivity index (χ3n) is 7.38. The minimum Gasteiger partial charge on any atom is -0.368 e. The Hall–Kier alpha value is -2.77. The molecule has 194 valence electrons. The zero-order chi connectivity index (χ0) is 25.6. The van der Waals surface area contributed by atoms with Gasteiger partial charge in [0.25, 0.3) is 0 Å². The van der Waals surface area contributed by atoms with Gasteiger partial charge >= 0.3 is 0 Å². The number of halogens is 1. The Labute approximate surface area is 229 Å². The average molecular weight is 536 g/mol. The van der Waals surface area contributed by atoms with E-state index in [1.807, 2.05) is 11.0 Å². The lowest BCUT2D eigenvalue weighted by Gasteiger charge is -2.37. The van der Waals surface area contributed by atoms with E-state index in [1.165, 1.54) is 28.6 Å². The standard InChI is InChI=1S/C29H34ClN5OS/c1-22-7-5-6-10-25(22)33-15-17-34(18-16-33)27-20-26(30)31-29(32-27)37-21-28(36)35-13-11-24(12-14-35)19-23-8-3-2-4-9-23/h2-10,20,24H,11-19,21H2,1H3. The van der Waals surface area contributed by atoms with Crippen molar-refractivity contribution in [1.29, 1.82) is 0 Å². The zero-order valence-corrected chi connectivity index (χ0v) is 22.9. The molecule has 2 saturated heterocycles. The van der Waals surface area contributed by atoms with E-state index in [0.29, 0.717) is 22.0 Å². The number of benzene rings is 2. The lowest BCUT2D eigenvalue weighted by molar-refractivity contribution is -0.129. The summed E-state index contributed by atoms with van der Waals surface area (Å²) in [5.74, 6) is 1.97. The molecule has 8 heteroatoms. The van der Waals surface area contributed by atoms with Crippen LogP contribution < -0.4 is 9.80 Å². The van der Waals surface area contributed by atoms with Gasteiger partial charge in [-0.05, 0) is 49.3 Å². The number of aromatic nitrogens is 2. The molecule has 1 amide bonds. The molecule has 1 aromatic heterocycles. The lowest BCUT2D eigenvalue weighted by Crippen LogP contribution is -2.47. The second kappa shape index (κ2) is 12.2. The van der Waals surface area contributed by atoms with Crippen LogP contribution >= 0.6 is 23.4 Å². The van der Waals surface area contributed by atoms with Gasteiger partial charge in [0.05, 0.1) is 5.75 Å². The van der Waals surface area contributed by atoms with Crippen molar-refractivity contribution in [2.24, 2.45) is 5.92 Å². The zero-order valence-electron chi connectivity index (χ0n) is 21.4. The highest BCUT2D eigenvalue weighted by atomic mass is 35.5. The smallest absolute Gasteiger partial charge is 0.233 e. The molecule has 0 atom stereocenters. The van der Waals surface area contributed by atoms with Gasteiger partial charge in [-0.3, -0.25) is 4.79 Å². The molecule has 2 aromatic carbocycles. The number of anilines is 2. The largest absolute Gasteiger partial charge is 0.368 e. The molecule has 0 saturated carbocycles. The fourth-order valence-electron chi connectivity index (χ4n) is 5.26. The summed E-state index contributed by atoms with van der Waals surface area (Å²) in [6.07, 6.45) is 3.20. The van der Waals surface area contributed by atoms with Gasteiger partial charge in [0.2, 0.25) is 5.91 Å². The molecule has 3 heterocycles. The van der Waals surface area contributed by atoms with Gasteiger partial charge in [0.15, 0.2) is 5.16 Å². The maximum atomic E-state index is 12.9. The van der Waals surface area contributed by atoms with E-state index in [9.17, 15) is 4.79 Å². The van der Waals surface area contributed by atoms with Crippen LogP contribution in [0.15, 0.2) is 65.8 Å². The van der Waals surface area contributed by atoms with E-state index in [2.05, 4.69) is 76.3 Å². The van der Waals surface area contributed by atoms with Gasteiger partial charge in [-0.2, -0.15) is 0 Å². The number of thioether (sulfide) groups is 1. The number of carbonyl (C=O) groups excluding carboxylic acids is 1. The summed E-state index contributed by atoms with van der Waals surface area (Å²) in [4.78, 5) is 28.7. The molecule has 2 aliphatic rings. The SMILES string of the molecule is Cc1ccccc1N1CCN(c2cc(Cl)nc(SCC(=O)N3CCC(Cc4ccccc4)CC3)n2)CC1. The van der Waals surface area contributed by atoms with E-state index in [1.54, 1.807) is 0 Å². The number of piperazine rings is 1. The van der Waals surface area contributed by atoms with Crippen molar-refractivity contribution in [1.82, 2.24) is 14.9 Å². The van der Waals surface area contributed by atoms with Gasteiger partial charge in [0, 0.05) is 51.0 Å². The van der Waals surface area contributed by atoms with Crippen molar-refractivity contribution >= 4 is 40.8 Å². The van der Waals surface area contributed by atoms with E-state index in [-0.39, 0.29) is 5.91 Å². The highest BCUT2D eigenvalue weighted by Gasteiger charge is 2.24. The second-order valence-electron chi connectivity index (χ2n) is 9.89. The van der Waals surface area contributed by atoms with Crippen molar-refractivity contribution in [2.45, 2.75) is 31.3 Å². The van der Waals surface area contributed by atoms with Gasteiger partial charge < -0.3 is 14.7 Å². The highest BCUT2D eigenvalue weighted by Crippen LogP contribution is 2.27. The van der Waals surface area contributed by atoms with Crippen molar-refractivity contribution in [3.05, 3.63) is 76.9 Å². The highest BCUT2D eigenvalue weighted by molar-refractivity contribution is 7.99. The summed E-state index contributed by atoms with van der Waals surface area (Å²) in [5.41, 5.74) is 3.97. The lowest BCUT2D eigenvalue weighted by atomic mass is 9.90. The number of aryl methyl sites for hydroxylation is 1. The fourth-order valence-corrected chi connectivity index (χ4v) is 6.24. The van der Waals surface area contributed by atoms with Crippen molar-refractivity contribution in [2.75, 3.05) is 54.8 Å². The number of carbonyl (C=O) groups is 1. The topological polar surface area (TPSA) is 52.6 Å². The third kappa shape index (κ3) is 6.76. The summed E-state index contributed by atoms with van der Waals surface area (Å²) in [6.45, 7) is 7.38. The first kappa shape index (κ1) is 25.9. The summed E-state index contributed by atoms with van der Waals surface area (Å²) in [5, 5.41) is 0.985. The molecule has 0 spiro atoms. The minimum atomic E-state index is 0.153. The van der Waals surface area contributed by atoms with Crippen molar-refractivity contribution < 1.29 is 4.79 Å². The van der Waals surface area contributed by atoms with Crippen LogP contribution in [-0.2, 0) is 11.2 Å². The summed E-state index contributed by atoms with van der Waals surface area (Å²) in [6, 6.07) is 21.0. The summed E-state index contributed by atoms with van der Waals surface area (Å²) >= 11 is 7.75. The predicted octanol–water partition coefficient (Wildman–Crippen LogP) is 5.34. The number of hydrogen-bond donors (Lipinski definition) is 0. The Morgan fingerprint density at radius 2 is 1.59 bits per heavy atom. The number of rotatable bonds is 7. The van der Waals surface area contributed by atoms with Crippen LogP contribution in [0.4, 0.5) is 11.5 Å². The number of hydrogen-bond acceptors (Lipinski definition) is 6. The van der Waals surface area contributed by atoms with Crippen molar-refractivity contribution in [3.63, 3.8) is 0 Å². The summed E-state index contributed by atoms with van der Waals surface area (Å²) in [7, 11) is 0. The number of amides is 1. The normalized spacial score (nSPS) is 16.8. The predicted molar refractivity (Wildman–Crippen MR) is 153 cm³/mol. The molecule has 0 unspecified atom stereocenters. The Morgan fingerprint density at radius 1 is 0.919 bits per heavy atom. The van der Waals surface area contributed by atoms with Crippen LogP contribution in [0.5, 0.6) is 0 Å². The van der Waals surface area contributed by atoms with Crippen LogP contribution in [0.1, 0.15) is 24.0 Å². The fraction of sp³-hybridized carbons (Fsp3) is 0.414. The maximum Gasteiger partial charge on any atom is 0.233 e. The monoisotopic (exact) mass is 535 g/mol. The maximum absolute atomic E-state index is 12.9. The molecule has 37 heavy (non-hydrogen) atoms. The number of para-hydroxylation sites is 1. The quantitative estimate of drug-likeness (QED) is 0.231. The van der Waals surface area contributed by atoms with Gasteiger partial charge in [0.1, 0.15) is 11.0 Å². The van der Waals surface area contributed by atoms with Crippen LogP contribution in [0, 0.1) is 12.8 Å².